The molecule has 1 heterocycles. The number of pyridine rings is 1. The molecule has 0 fully saturated rings. The Kier molecular flexibility index (Phi) is 7.12. The van der Waals surface area contributed by atoms with E-state index >= 15 is 0 Å². The minimum absolute atomic E-state index is 0.0808. The number of aromatic nitrogens is 1. The van der Waals surface area contributed by atoms with Gasteiger partial charge in [-0.2, -0.15) is 0 Å². The fourth-order valence-corrected chi connectivity index (χ4v) is 3.56. The van der Waals surface area contributed by atoms with Crippen LogP contribution in [-0.2, 0) is 16.6 Å². The largest absolute Gasteiger partial charge is 0.325 e. The highest BCUT2D eigenvalue weighted by molar-refractivity contribution is 7.89. The average molecular weight is 299 g/mol. The molecule has 0 spiro atoms. The molecule has 6 heteroatoms. The van der Waals surface area contributed by atoms with E-state index in [1.165, 1.54) is 12.8 Å². The average Bonchev–Trinajstić information content (AvgIpc) is 2.43. The first-order chi connectivity index (χ1) is 9.51. The van der Waals surface area contributed by atoms with Gasteiger partial charge in [0.15, 0.2) is 0 Å². The number of nitrogens with two attached hydrogens (primary N) is 1. The van der Waals surface area contributed by atoms with Crippen LogP contribution in [0.4, 0.5) is 0 Å². The predicted octanol–water partition coefficient (Wildman–Crippen LogP) is 2.18. The maximum absolute atomic E-state index is 12.3. The van der Waals surface area contributed by atoms with Crippen molar-refractivity contribution in [2.24, 2.45) is 5.73 Å². The standard InChI is InChI=1S/C14H25N3O2S/c1-3-4-5-6-8-12(2)17-20(18,19)14-9-7-10-16-13(14)11-15/h7,9-10,12,17H,3-6,8,11,15H2,1-2H3. The van der Waals surface area contributed by atoms with Gasteiger partial charge in [-0.05, 0) is 25.5 Å². The van der Waals surface area contributed by atoms with Crippen LogP contribution in [0.15, 0.2) is 23.2 Å². The molecule has 1 atom stereocenters. The zero-order valence-corrected chi connectivity index (χ0v) is 13.1. The zero-order chi connectivity index (χ0) is 15.0. The normalized spacial score (nSPS) is 13.3. The van der Waals surface area contributed by atoms with Crippen molar-refractivity contribution in [3.8, 4) is 0 Å². The van der Waals surface area contributed by atoms with Crippen molar-refractivity contribution in [3.63, 3.8) is 0 Å². The number of nitrogens with zero attached hydrogens (tertiary/aromatic N) is 1. The first kappa shape index (κ1) is 17.1. The number of hydrogen-bond donors (Lipinski definition) is 2. The molecular weight excluding hydrogens is 274 g/mol. The van der Waals surface area contributed by atoms with Crippen LogP contribution < -0.4 is 10.5 Å². The summed E-state index contributed by atoms with van der Waals surface area (Å²) < 4.78 is 27.3. The van der Waals surface area contributed by atoms with E-state index in [2.05, 4.69) is 16.6 Å². The van der Waals surface area contributed by atoms with E-state index in [1.54, 1.807) is 18.3 Å². The molecule has 0 aliphatic carbocycles. The van der Waals surface area contributed by atoms with Gasteiger partial charge in [-0.25, -0.2) is 13.1 Å². The third-order valence-corrected chi connectivity index (χ3v) is 4.84. The Labute approximate surface area is 122 Å². The molecule has 0 bridgehead atoms. The van der Waals surface area contributed by atoms with E-state index in [9.17, 15) is 8.42 Å². The number of nitrogens with one attached hydrogen (secondary N) is 1. The van der Waals surface area contributed by atoms with Gasteiger partial charge in [0.1, 0.15) is 4.90 Å². The zero-order valence-electron chi connectivity index (χ0n) is 12.3. The molecule has 0 amide bonds. The highest BCUT2D eigenvalue weighted by Gasteiger charge is 2.20. The van der Waals surface area contributed by atoms with Gasteiger partial charge >= 0.3 is 0 Å². The molecule has 0 saturated carbocycles. The van der Waals surface area contributed by atoms with Crippen LogP contribution in [0.1, 0.15) is 51.6 Å². The lowest BCUT2D eigenvalue weighted by molar-refractivity contribution is 0.521. The van der Waals surface area contributed by atoms with E-state index < -0.39 is 10.0 Å². The van der Waals surface area contributed by atoms with Crippen molar-refractivity contribution in [2.45, 2.75) is 63.4 Å². The van der Waals surface area contributed by atoms with Gasteiger partial charge in [0.25, 0.3) is 0 Å². The Hall–Kier alpha value is -0.980. The monoisotopic (exact) mass is 299 g/mol. The number of hydrogen-bond acceptors (Lipinski definition) is 4. The van der Waals surface area contributed by atoms with E-state index in [4.69, 9.17) is 5.73 Å². The molecule has 5 nitrogen and oxygen atoms in total. The summed E-state index contributed by atoms with van der Waals surface area (Å²) in [4.78, 5) is 4.20. The topological polar surface area (TPSA) is 85.1 Å². The second-order valence-electron chi connectivity index (χ2n) is 5.02. The second-order valence-corrected chi connectivity index (χ2v) is 6.71. The van der Waals surface area contributed by atoms with Crippen LogP contribution in [0.3, 0.4) is 0 Å². The summed E-state index contributed by atoms with van der Waals surface area (Å²) in [6.07, 6.45) is 6.94. The summed E-state index contributed by atoms with van der Waals surface area (Å²) >= 11 is 0. The number of rotatable bonds is 9. The highest BCUT2D eigenvalue weighted by Crippen LogP contribution is 2.14. The molecule has 1 aromatic heterocycles. The Morgan fingerprint density at radius 1 is 1.35 bits per heavy atom. The molecule has 1 unspecified atom stereocenters. The molecular formula is C14H25N3O2S. The van der Waals surface area contributed by atoms with Gasteiger partial charge in [0.2, 0.25) is 10.0 Å². The van der Waals surface area contributed by atoms with Crippen molar-refractivity contribution >= 4 is 10.0 Å². The van der Waals surface area contributed by atoms with Crippen molar-refractivity contribution < 1.29 is 8.42 Å². The molecule has 0 saturated heterocycles. The van der Waals surface area contributed by atoms with Crippen LogP contribution in [0.25, 0.3) is 0 Å². The summed E-state index contributed by atoms with van der Waals surface area (Å²) in [6.45, 7) is 4.16. The summed E-state index contributed by atoms with van der Waals surface area (Å²) in [6, 6.07) is 3.07. The Balaban J connectivity index is 2.65. The van der Waals surface area contributed by atoms with Crippen LogP contribution in [-0.4, -0.2) is 19.4 Å². The summed E-state index contributed by atoms with van der Waals surface area (Å²) in [5, 5.41) is 0. The molecule has 20 heavy (non-hydrogen) atoms. The summed E-state index contributed by atoms with van der Waals surface area (Å²) in [5.74, 6) is 0. The van der Waals surface area contributed by atoms with Crippen LogP contribution >= 0.6 is 0 Å². The van der Waals surface area contributed by atoms with E-state index in [-0.39, 0.29) is 17.5 Å². The lowest BCUT2D eigenvalue weighted by Crippen LogP contribution is -2.33. The van der Waals surface area contributed by atoms with Crippen molar-refractivity contribution in [1.82, 2.24) is 9.71 Å². The van der Waals surface area contributed by atoms with Gasteiger partial charge in [-0.1, -0.05) is 32.6 Å². The smallest absolute Gasteiger partial charge is 0.242 e. The van der Waals surface area contributed by atoms with Crippen LogP contribution in [0, 0.1) is 0 Å². The Morgan fingerprint density at radius 2 is 2.10 bits per heavy atom. The Bertz CT molecular complexity index is 503. The van der Waals surface area contributed by atoms with Crippen LogP contribution in [0.2, 0.25) is 0 Å². The van der Waals surface area contributed by atoms with Gasteiger partial charge in [-0.15, -0.1) is 0 Å². The SMILES string of the molecule is CCCCCCC(C)NS(=O)(=O)c1cccnc1CN. The maximum Gasteiger partial charge on any atom is 0.242 e. The van der Waals surface area contributed by atoms with Gasteiger partial charge in [0.05, 0.1) is 5.69 Å². The highest BCUT2D eigenvalue weighted by atomic mass is 32.2. The summed E-state index contributed by atoms with van der Waals surface area (Å²) in [7, 11) is -3.54. The molecule has 1 rings (SSSR count). The first-order valence-corrected chi connectivity index (χ1v) is 8.66. The molecule has 3 N–H and O–H groups in total. The second kappa shape index (κ2) is 8.34. The van der Waals surface area contributed by atoms with Crippen molar-refractivity contribution in [1.29, 1.82) is 0 Å². The quantitative estimate of drug-likeness (QED) is 0.684. The molecule has 0 aliphatic heterocycles. The molecule has 0 aliphatic rings. The van der Waals surface area contributed by atoms with Gasteiger partial charge in [-0.3, -0.25) is 4.98 Å². The fraction of sp³-hybridized carbons (Fsp3) is 0.643. The third-order valence-electron chi connectivity index (χ3n) is 3.18. The van der Waals surface area contributed by atoms with Gasteiger partial charge < -0.3 is 5.73 Å². The maximum atomic E-state index is 12.3. The fourth-order valence-electron chi connectivity index (χ4n) is 2.09. The lowest BCUT2D eigenvalue weighted by Gasteiger charge is -2.15. The first-order valence-electron chi connectivity index (χ1n) is 7.17. The summed E-state index contributed by atoms with van der Waals surface area (Å²) in [5.41, 5.74) is 5.94. The molecule has 114 valence electrons. The van der Waals surface area contributed by atoms with Gasteiger partial charge in [0, 0.05) is 18.8 Å². The minimum atomic E-state index is -3.54. The van der Waals surface area contributed by atoms with E-state index in [0.29, 0.717) is 5.69 Å². The Morgan fingerprint density at radius 3 is 2.75 bits per heavy atom. The predicted molar refractivity (Wildman–Crippen MR) is 80.7 cm³/mol. The minimum Gasteiger partial charge on any atom is -0.325 e. The number of sulfonamides is 1. The molecule has 1 aromatic rings. The molecule has 0 aromatic carbocycles. The lowest BCUT2D eigenvalue weighted by atomic mass is 10.1. The van der Waals surface area contributed by atoms with E-state index in [1.807, 2.05) is 6.92 Å². The van der Waals surface area contributed by atoms with Crippen LogP contribution in [0.5, 0.6) is 0 Å². The molecule has 0 radical (unpaired) electrons. The third kappa shape index (κ3) is 5.19. The van der Waals surface area contributed by atoms with Crippen molar-refractivity contribution in [2.75, 3.05) is 0 Å². The van der Waals surface area contributed by atoms with Crippen molar-refractivity contribution in [3.05, 3.63) is 24.0 Å². The van der Waals surface area contributed by atoms with E-state index in [0.717, 1.165) is 19.3 Å². The number of unbranched alkanes of at least 4 members (excludes halogenated alkanes) is 3.